The highest BCUT2D eigenvalue weighted by Crippen LogP contribution is 2.35. The number of ether oxygens (including phenoxy) is 1. The summed E-state index contributed by atoms with van der Waals surface area (Å²) in [5, 5.41) is 14.3. The van der Waals surface area contributed by atoms with Gasteiger partial charge in [0, 0.05) is 36.6 Å². The van der Waals surface area contributed by atoms with Gasteiger partial charge in [0.15, 0.2) is 0 Å². The molecule has 4 heterocycles. The van der Waals surface area contributed by atoms with Crippen LogP contribution in [0.15, 0.2) is 60.9 Å². The lowest BCUT2D eigenvalue weighted by atomic mass is 10.0. The Morgan fingerprint density at radius 3 is 1.56 bits per heavy atom. The lowest BCUT2D eigenvalue weighted by molar-refractivity contribution is -0.136. The Kier molecular flexibility index (Phi) is 12.2. The number of hydrogen-bond acceptors (Lipinski definition) is 7. The fourth-order valence-electron chi connectivity index (χ4n) is 7.42. The molecule has 2 aliphatic heterocycles. The van der Waals surface area contributed by atoms with Crippen LogP contribution in [0.2, 0.25) is 0 Å². The van der Waals surface area contributed by atoms with Crippen molar-refractivity contribution < 1.29 is 33.4 Å². The minimum atomic E-state index is -1.22. The molecule has 5 N–H and O–H groups in total. The maximum atomic E-state index is 13.6. The van der Waals surface area contributed by atoms with Crippen LogP contribution in [-0.4, -0.2) is 97.3 Å². The first-order valence-corrected chi connectivity index (χ1v) is 18.9. The lowest BCUT2D eigenvalue weighted by Gasteiger charge is -2.30. The zero-order valence-electron chi connectivity index (χ0n) is 31.5. The number of nitrogens with one attached hydrogen (secondary N) is 4. The van der Waals surface area contributed by atoms with Crippen LogP contribution in [-0.2, 0) is 14.3 Å². The summed E-state index contributed by atoms with van der Waals surface area (Å²) >= 11 is 0. The molecule has 0 saturated carbocycles. The number of benzene rings is 2. The number of H-pyrrole nitrogens is 2. The number of carbonyl (C=O) groups excluding carboxylic acids is 3. The van der Waals surface area contributed by atoms with E-state index in [1.807, 2.05) is 88.6 Å². The minimum absolute atomic E-state index is 0.193. The highest BCUT2D eigenvalue weighted by molar-refractivity contribution is 5.87. The van der Waals surface area contributed by atoms with E-state index in [-0.39, 0.29) is 42.3 Å². The number of alkyl halides is 1. The Hall–Kier alpha value is -5.73. The van der Waals surface area contributed by atoms with Crippen molar-refractivity contribution in [1.82, 2.24) is 40.4 Å². The first kappa shape index (κ1) is 39.0. The van der Waals surface area contributed by atoms with E-state index in [4.69, 9.17) is 14.7 Å². The molecule has 4 amide bonds. The van der Waals surface area contributed by atoms with Gasteiger partial charge in [-0.2, -0.15) is 0 Å². The predicted molar refractivity (Wildman–Crippen MR) is 203 cm³/mol. The highest BCUT2D eigenvalue weighted by Gasteiger charge is 2.39. The van der Waals surface area contributed by atoms with Gasteiger partial charge in [-0.25, -0.2) is 23.9 Å². The molecule has 0 spiro atoms. The Morgan fingerprint density at radius 2 is 1.16 bits per heavy atom. The van der Waals surface area contributed by atoms with Gasteiger partial charge >= 0.3 is 12.2 Å². The van der Waals surface area contributed by atoms with Gasteiger partial charge < -0.3 is 40.2 Å². The van der Waals surface area contributed by atoms with Crippen LogP contribution in [0, 0.1) is 11.8 Å². The van der Waals surface area contributed by atoms with E-state index in [0.29, 0.717) is 24.7 Å². The molecular weight excluding hydrogens is 707 g/mol. The number of imidazole rings is 2. The molecule has 292 valence electrons. The van der Waals surface area contributed by atoms with Crippen LogP contribution in [0.1, 0.15) is 77.1 Å². The van der Waals surface area contributed by atoms with Crippen molar-refractivity contribution in [2.24, 2.45) is 11.8 Å². The summed E-state index contributed by atoms with van der Waals surface area (Å²) in [6.45, 7) is 7.24. The summed E-state index contributed by atoms with van der Waals surface area (Å²) in [5.74, 6) is 0.491. The standard InChI is InChI=1S/C40H49FN8O6/c1-23(2)33(46-39(52)53)37(50)48-18-5-7-31(48)35-42-21-29(44-35)27-13-9-25(10-14-27)26-11-15-28(16-12-26)30-22-43-36(45-30)32-8-6-19-49(32)38(51)34(24(3)4)47-40(54)55-20-17-41/h9-16,21-24,31-34,46H,5-8,17-20H2,1-4H3,(H,42,44)(H,43,45)(H,47,54)(H,52,53)/t31-,32?,33-,34-/m0/s1. The Labute approximate surface area is 319 Å². The van der Waals surface area contributed by atoms with Gasteiger partial charge in [0.05, 0.1) is 23.5 Å². The largest absolute Gasteiger partial charge is 0.465 e. The van der Waals surface area contributed by atoms with Crippen LogP contribution in [0.3, 0.4) is 0 Å². The molecular formula is C40H49FN8O6. The van der Waals surface area contributed by atoms with Crippen LogP contribution in [0.4, 0.5) is 14.0 Å². The number of amides is 4. The van der Waals surface area contributed by atoms with Gasteiger partial charge in [0.1, 0.15) is 37.0 Å². The molecule has 55 heavy (non-hydrogen) atoms. The maximum Gasteiger partial charge on any atom is 0.407 e. The number of nitrogens with zero attached hydrogens (tertiary/aromatic N) is 4. The Bertz CT molecular complexity index is 1960. The third-order valence-electron chi connectivity index (χ3n) is 10.3. The number of alkyl carbamates (subject to hydrolysis) is 1. The molecule has 2 aromatic heterocycles. The van der Waals surface area contributed by atoms with Gasteiger partial charge in [-0.15, -0.1) is 0 Å². The fourth-order valence-corrected chi connectivity index (χ4v) is 7.42. The van der Waals surface area contributed by atoms with E-state index < -0.39 is 30.9 Å². The summed E-state index contributed by atoms with van der Waals surface area (Å²) < 4.78 is 17.3. The minimum Gasteiger partial charge on any atom is -0.465 e. The average molecular weight is 757 g/mol. The normalized spacial score (nSPS) is 18.1. The Balaban J connectivity index is 1.10. The maximum absolute atomic E-state index is 13.6. The van der Waals surface area contributed by atoms with Gasteiger partial charge in [0.25, 0.3) is 0 Å². The smallest absolute Gasteiger partial charge is 0.407 e. The van der Waals surface area contributed by atoms with E-state index >= 15 is 0 Å². The predicted octanol–water partition coefficient (Wildman–Crippen LogP) is 6.47. The van der Waals surface area contributed by atoms with Crippen LogP contribution in [0.25, 0.3) is 33.6 Å². The third kappa shape index (κ3) is 8.82. The zero-order chi connectivity index (χ0) is 39.2. The molecule has 14 nitrogen and oxygen atoms in total. The zero-order valence-corrected chi connectivity index (χ0v) is 31.5. The van der Waals surface area contributed by atoms with Crippen molar-refractivity contribution >= 4 is 24.0 Å². The quantitative estimate of drug-likeness (QED) is 0.103. The monoisotopic (exact) mass is 756 g/mol. The van der Waals surface area contributed by atoms with Crippen LogP contribution in [0.5, 0.6) is 0 Å². The molecule has 2 aliphatic rings. The molecule has 2 saturated heterocycles. The molecule has 0 bridgehead atoms. The molecule has 6 rings (SSSR count). The SMILES string of the molecule is CC(C)[C@H](NC(=O)OCCF)C(=O)N1CCCC1c1nc(-c2ccc(-c3ccc(-c4c[nH]c([C@@H]5CCCN5C(=O)[C@@H](NC(=O)O)C(C)C)n4)cc3)cc2)c[nH]1. The summed E-state index contributed by atoms with van der Waals surface area (Å²) in [6.07, 6.45) is 4.71. The van der Waals surface area contributed by atoms with E-state index in [0.717, 1.165) is 59.3 Å². The van der Waals surface area contributed by atoms with E-state index in [1.165, 1.54) is 0 Å². The molecule has 4 atom stereocenters. The van der Waals surface area contributed by atoms with E-state index in [9.17, 15) is 28.7 Å². The van der Waals surface area contributed by atoms with Crippen molar-refractivity contribution in [3.05, 3.63) is 72.6 Å². The first-order chi connectivity index (χ1) is 26.4. The molecule has 0 radical (unpaired) electrons. The van der Waals surface area contributed by atoms with Crippen molar-refractivity contribution in [3.8, 4) is 33.6 Å². The molecule has 0 aliphatic carbocycles. The van der Waals surface area contributed by atoms with Crippen molar-refractivity contribution in [2.75, 3.05) is 26.4 Å². The fraction of sp³-hybridized carbons (Fsp3) is 0.450. The summed E-state index contributed by atoms with van der Waals surface area (Å²) in [4.78, 5) is 70.1. The number of likely N-dealkylation sites (tertiary alicyclic amines) is 2. The lowest BCUT2D eigenvalue weighted by Crippen LogP contribution is -2.51. The molecule has 2 aromatic carbocycles. The van der Waals surface area contributed by atoms with Crippen LogP contribution < -0.4 is 10.6 Å². The number of aromatic amines is 2. The van der Waals surface area contributed by atoms with Gasteiger partial charge in [-0.1, -0.05) is 76.2 Å². The second-order valence-electron chi connectivity index (χ2n) is 14.7. The average Bonchev–Trinajstić information content (AvgIpc) is 4.01. The van der Waals surface area contributed by atoms with Crippen molar-refractivity contribution in [3.63, 3.8) is 0 Å². The van der Waals surface area contributed by atoms with E-state index in [2.05, 4.69) is 20.6 Å². The highest BCUT2D eigenvalue weighted by atomic mass is 19.1. The topological polar surface area (TPSA) is 186 Å². The molecule has 1 unspecified atom stereocenters. The molecule has 15 heteroatoms. The number of hydrogen-bond donors (Lipinski definition) is 5. The van der Waals surface area contributed by atoms with Crippen molar-refractivity contribution in [1.29, 1.82) is 0 Å². The molecule has 2 fully saturated rings. The van der Waals surface area contributed by atoms with Crippen molar-refractivity contribution in [2.45, 2.75) is 77.5 Å². The van der Waals surface area contributed by atoms with Gasteiger partial charge in [-0.3, -0.25) is 9.59 Å². The summed E-state index contributed by atoms with van der Waals surface area (Å²) in [7, 11) is 0. The third-order valence-corrected chi connectivity index (χ3v) is 10.3. The summed E-state index contributed by atoms with van der Waals surface area (Å²) in [5.41, 5.74) is 5.38. The number of rotatable bonds is 13. The van der Waals surface area contributed by atoms with Crippen LogP contribution >= 0.6 is 0 Å². The van der Waals surface area contributed by atoms with Gasteiger partial charge in [0.2, 0.25) is 11.8 Å². The summed E-state index contributed by atoms with van der Waals surface area (Å²) in [6, 6.07) is 14.0. The van der Waals surface area contributed by atoms with E-state index in [1.54, 1.807) is 9.80 Å². The number of carboxylic acid groups (broad SMARTS) is 1. The second-order valence-corrected chi connectivity index (χ2v) is 14.7. The number of halogens is 1. The first-order valence-electron chi connectivity index (χ1n) is 18.9. The second kappa shape index (κ2) is 17.2. The number of aromatic nitrogens is 4. The Morgan fingerprint density at radius 1 is 0.745 bits per heavy atom. The van der Waals surface area contributed by atoms with Gasteiger partial charge in [-0.05, 0) is 48.6 Å². The molecule has 4 aromatic rings. The number of carbonyl (C=O) groups is 4.